The van der Waals surface area contributed by atoms with Crippen molar-refractivity contribution in [3.8, 4) is 0 Å². The molecule has 4 rings (SSSR count). The lowest BCUT2D eigenvalue weighted by Crippen LogP contribution is -2.62. The van der Waals surface area contributed by atoms with Crippen LogP contribution in [0, 0.1) is 28.6 Å². The number of piperidine rings is 1. The topological polar surface area (TPSA) is 49.8 Å². The minimum absolute atomic E-state index is 0.0540. The van der Waals surface area contributed by atoms with E-state index in [1.807, 2.05) is 0 Å². The van der Waals surface area contributed by atoms with Crippen molar-refractivity contribution in [3.05, 3.63) is 0 Å². The van der Waals surface area contributed by atoms with E-state index >= 15 is 0 Å². The molecule has 0 aromatic heterocycles. The molecule has 1 heterocycles. The maximum Gasteiger partial charge on any atom is 0.246 e. The molecule has 4 fully saturated rings. The lowest BCUT2D eigenvalue weighted by molar-refractivity contribution is -0.295. The average molecular weight is 335 g/mol. The number of hydroxylamine groups is 2. The van der Waals surface area contributed by atoms with E-state index in [9.17, 15) is 9.90 Å². The second-order valence-electron chi connectivity index (χ2n) is 9.48. The Labute approximate surface area is 145 Å². The van der Waals surface area contributed by atoms with Crippen LogP contribution in [0.15, 0.2) is 0 Å². The number of aliphatic hydroxyl groups is 1. The van der Waals surface area contributed by atoms with Crippen LogP contribution >= 0.6 is 0 Å². The van der Waals surface area contributed by atoms with Gasteiger partial charge in [0.25, 0.3) is 0 Å². The number of carbonyl (C=O) groups is 1. The molecule has 7 atom stereocenters. The molecule has 24 heavy (non-hydrogen) atoms. The van der Waals surface area contributed by atoms with Gasteiger partial charge in [0, 0.05) is 6.42 Å². The highest BCUT2D eigenvalue weighted by Gasteiger charge is 2.60. The molecule has 1 N–H and O–H groups in total. The van der Waals surface area contributed by atoms with E-state index in [1.54, 1.807) is 12.0 Å². The van der Waals surface area contributed by atoms with Gasteiger partial charge in [-0.25, -0.2) is 9.90 Å². The Morgan fingerprint density at radius 2 is 1.92 bits per heavy atom. The fourth-order valence-electron chi connectivity index (χ4n) is 7.12. The van der Waals surface area contributed by atoms with Gasteiger partial charge in [-0.3, -0.25) is 4.79 Å². The van der Waals surface area contributed by atoms with Crippen LogP contribution in [0.5, 0.6) is 0 Å². The Kier molecular flexibility index (Phi) is 4.00. The zero-order chi connectivity index (χ0) is 17.1. The molecular formula is C20H33NO3. The number of hydrogen-bond donors (Lipinski definition) is 1. The summed E-state index contributed by atoms with van der Waals surface area (Å²) in [4.78, 5) is 18.0. The number of fused-ring (bicyclic) bond motifs is 5. The van der Waals surface area contributed by atoms with Crippen molar-refractivity contribution >= 4 is 5.91 Å². The van der Waals surface area contributed by atoms with Gasteiger partial charge < -0.3 is 5.11 Å². The number of rotatable bonds is 2. The molecule has 1 saturated heterocycles. The molecule has 0 bridgehead atoms. The first-order chi connectivity index (χ1) is 11.3. The van der Waals surface area contributed by atoms with E-state index in [4.69, 9.17) is 4.84 Å². The molecule has 3 aliphatic carbocycles. The highest BCUT2D eigenvalue weighted by molar-refractivity contribution is 5.76. The van der Waals surface area contributed by atoms with Crippen LogP contribution in [-0.2, 0) is 9.63 Å². The highest BCUT2D eigenvalue weighted by Crippen LogP contribution is 2.64. The highest BCUT2D eigenvalue weighted by atomic mass is 16.8. The zero-order valence-corrected chi connectivity index (χ0v) is 15.5. The largest absolute Gasteiger partial charge is 0.366 e. The number of carbonyl (C=O) groups excluding carboxylic acids is 1. The average Bonchev–Trinajstić information content (AvgIpc) is 2.92. The van der Waals surface area contributed by atoms with Gasteiger partial charge in [0.15, 0.2) is 6.29 Å². The number of aliphatic hydroxyl groups excluding tert-OH is 1. The van der Waals surface area contributed by atoms with Crippen molar-refractivity contribution in [1.82, 2.24) is 5.06 Å². The van der Waals surface area contributed by atoms with Gasteiger partial charge >= 0.3 is 0 Å². The maximum atomic E-state index is 12.4. The molecule has 136 valence electrons. The minimum Gasteiger partial charge on any atom is -0.366 e. The van der Waals surface area contributed by atoms with Crippen LogP contribution < -0.4 is 0 Å². The summed E-state index contributed by atoms with van der Waals surface area (Å²) in [5, 5.41) is 11.2. The first-order valence-corrected chi connectivity index (χ1v) is 10.0. The standard InChI is InChI=1S/C20H33NO3/c1-13(22)24-21-17-7-6-14-15-5-4-10-19(15,2)11-8-16(14)20(17,3)12-9-18(21)23/h13-17,22H,4-12H2,1-3H3/t13?,14-,15-,16+,17?,19-,20+/m0/s1. The van der Waals surface area contributed by atoms with Crippen molar-refractivity contribution in [1.29, 1.82) is 0 Å². The Balaban J connectivity index is 1.62. The minimum atomic E-state index is -0.918. The Morgan fingerprint density at radius 3 is 2.67 bits per heavy atom. The first-order valence-electron chi connectivity index (χ1n) is 10.0. The lowest BCUT2D eigenvalue weighted by atomic mass is 9.48. The van der Waals surface area contributed by atoms with Crippen molar-refractivity contribution in [2.24, 2.45) is 28.6 Å². The molecule has 1 amide bonds. The molecule has 4 aliphatic rings. The summed E-state index contributed by atoms with van der Waals surface area (Å²) in [5.74, 6) is 2.48. The SMILES string of the molecule is CC(O)ON1C(=O)CC[C@@]2(C)C1CC[C@@H]1[C@H]2CC[C@]2(C)CCC[C@@H]12. The van der Waals surface area contributed by atoms with E-state index in [2.05, 4.69) is 13.8 Å². The molecule has 3 saturated carbocycles. The quantitative estimate of drug-likeness (QED) is 0.779. The summed E-state index contributed by atoms with van der Waals surface area (Å²) >= 11 is 0. The lowest BCUT2D eigenvalue weighted by Gasteiger charge is -2.61. The van der Waals surface area contributed by atoms with Gasteiger partial charge in [0.2, 0.25) is 5.91 Å². The van der Waals surface area contributed by atoms with E-state index in [0.717, 1.165) is 24.7 Å². The van der Waals surface area contributed by atoms with Crippen LogP contribution in [-0.4, -0.2) is 28.4 Å². The monoisotopic (exact) mass is 335 g/mol. The van der Waals surface area contributed by atoms with Gasteiger partial charge in [-0.1, -0.05) is 20.3 Å². The molecule has 4 heteroatoms. The van der Waals surface area contributed by atoms with E-state index in [0.29, 0.717) is 17.8 Å². The molecule has 4 nitrogen and oxygen atoms in total. The van der Waals surface area contributed by atoms with Crippen molar-refractivity contribution in [2.75, 3.05) is 0 Å². The third-order valence-corrected chi connectivity index (χ3v) is 8.27. The predicted octanol–water partition coefficient (Wildman–Crippen LogP) is 3.88. The Bertz CT molecular complexity index is 521. The summed E-state index contributed by atoms with van der Waals surface area (Å²) in [6.07, 6.45) is 9.76. The van der Waals surface area contributed by atoms with Gasteiger partial charge in [-0.15, -0.1) is 0 Å². The van der Waals surface area contributed by atoms with Crippen molar-refractivity contribution < 1.29 is 14.7 Å². The molecule has 0 aromatic carbocycles. The smallest absolute Gasteiger partial charge is 0.246 e. The molecule has 2 unspecified atom stereocenters. The van der Waals surface area contributed by atoms with E-state index in [-0.39, 0.29) is 17.4 Å². The predicted molar refractivity (Wildman–Crippen MR) is 91.6 cm³/mol. The Morgan fingerprint density at radius 1 is 1.12 bits per heavy atom. The Hall–Kier alpha value is -0.610. The van der Waals surface area contributed by atoms with Gasteiger partial charge in [-0.2, -0.15) is 0 Å². The third kappa shape index (κ3) is 2.36. The summed E-state index contributed by atoms with van der Waals surface area (Å²) in [7, 11) is 0. The fraction of sp³-hybridized carbons (Fsp3) is 0.950. The van der Waals surface area contributed by atoms with Crippen LogP contribution in [0.25, 0.3) is 0 Å². The molecular weight excluding hydrogens is 302 g/mol. The second-order valence-corrected chi connectivity index (χ2v) is 9.48. The second kappa shape index (κ2) is 5.70. The van der Waals surface area contributed by atoms with Gasteiger partial charge in [-0.05, 0) is 80.5 Å². The van der Waals surface area contributed by atoms with E-state index in [1.165, 1.54) is 38.5 Å². The summed E-state index contributed by atoms with van der Waals surface area (Å²) < 4.78 is 0. The molecule has 0 radical (unpaired) electrons. The maximum absolute atomic E-state index is 12.4. The van der Waals surface area contributed by atoms with Crippen molar-refractivity contribution in [3.63, 3.8) is 0 Å². The van der Waals surface area contributed by atoms with E-state index < -0.39 is 6.29 Å². The summed E-state index contributed by atoms with van der Waals surface area (Å²) in [5.41, 5.74) is 0.723. The zero-order valence-electron chi connectivity index (χ0n) is 15.5. The van der Waals surface area contributed by atoms with Crippen LogP contribution in [0.4, 0.5) is 0 Å². The fourth-order valence-corrected chi connectivity index (χ4v) is 7.12. The first kappa shape index (κ1) is 16.8. The number of hydrogen-bond acceptors (Lipinski definition) is 3. The van der Waals surface area contributed by atoms with Crippen LogP contribution in [0.1, 0.15) is 78.6 Å². The number of nitrogens with zero attached hydrogens (tertiary/aromatic N) is 1. The molecule has 1 aliphatic heterocycles. The van der Waals surface area contributed by atoms with Crippen LogP contribution in [0.2, 0.25) is 0 Å². The summed E-state index contributed by atoms with van der Waals surface area (Å²) in [6, 6.07) is 0.139. The van der Waals surface area contributed by atoms with Crippen LogP contribution in [0.3, 0.4) is 0 Å². The van der Waals surface area contributed by atoms with Crippen molar-refractivity contribution in [2.45, 2.75) is 90.9 Å². The normalized spacial score (nSPS) is 49.3. The summed E-state index contributed by atoms with van der Waals surface area (Å²) in [6.45, 7) is 6.52. The number of amides is 1. The molecule has 0 aromatic rings. The van der Waals surface area contributed by atoms with Gasteiger partial charge in [0.05, 0.1) is 6.04 Å². The molecule has 0 spiro atoms. The van der Waals surface area contributed by atoms with Gasteiger partial charge in [0.1, 0.15) is 0 Å². The third-order valence-electron chi connectivity index (χ3n) is 8.27.